The zero-order valence-corrected chi connectivity index (χ0v) is 8.87. The Morgan fingerprint density at radius 2 is 2.20 bits per heavy atom. The summed E-state index contributed by atoms with van der Waals surface area (Å²) in [4.78, 5) is 34.7. The van der Waals surface area contributed by atoms with Crippen LogP contribution in [0.25, 0.3) is 0 Å². The Balaban J connectivity index is 2.46. The summed E-state index contributed by atoms with van der Waals surface area (Å²) in [5.74, 6) is -0.615. The third-order valence-corrected chi connectivity index (χ3v) is 2.44. The molecule has 1 aliphatic rings. The van der Waals surface area contributed by atoms with Crippen molar-refractivity contribution in [2.45, 2.75) is 18.9 Å². The van der Waals surface area contributed by atoms with E-state index >= 15 is 0 Å². The topological polar surface area (TPSA) is 78.5 Å². The summed E-state index contributed by atoms with van der Waals surface area (Å²) >= 11 is 0. The molecule has 2 N–H and O–H groups in total. The lowest BCUT2D eigenvalue weighted by atomic mass is 10.0. The van der Waals surface area contributed by atoms with Gasteiger partial charge in [-0.2, -0.15) is 0 Å². The summed E-state index contributed by atoms with van der Waals surface area (Å²) in [5.41, 5.74) is 0. The van der Waals surface area contributed by atoms with Crippen molar-refractivity contribution in [3.63, 3.8) is 0 Å². The first-order valence-corrected chi connectivity index (χ1v) is 4.80. The highest BCUT2D eigenvalue weighted by molar-refractivity contribution is 6.00. The van der Waals surface area contributed by atoms with Crippen LogP contribution in [0, 0.1) is 0 Å². The molecule has 3 amide bonds. The molecule has 0 saturated carbocycles. The van der Waals surface area contributed by atoms with Gasteiger partial charge in [-0.25, -0.2) is 0 Å². The summed E-state index contributed by atoms with van der Waals surface area (Å²) in [7, 11) is 2.99. The molecule has 15 heavy (non-hydrogen) atoms. The van der Waals surface area contributed by atoms with Crippen LogP contribution in [0.1, 0.15) is 12.8 Å². The Morgan fingerprint density at radius 1 is 1.53 bits per heavy atom. The van der Waals surface area contributed by atoms with Crippen LogP contribution in [-0.2, 0) is 14.4 Å². The summed E-state index contributed by atoms with van der Waals surface area (Å²) in [6, 6.07) is -0.426. The molecule has 0 spiro atoms. The van der Waals surface area contributed by atoms with E-state index in [0.29, 0.717) is 12.8 Å². The first kappa shape index (κ1) is 11.6. The number of piperidine rings is 1. The van der Waals surface area contributed by atoms with E-state index in [9.17, 15) is 14.4 Å². The fraction of sp³-hybridized carbons (Fsp3) is 0.667. The van der Waals surface area contributed by atoms with Crippen LogP contribution in [0.5, 0.6) is 0 Å². The lowest BCUT2D eigenvalue weighted by Crippen LogP contribution is -2.53. The maximum absolute atomic E-state index is 11.5. The van der Waals surface area contributed by atoms with Gasteiger partial charge in [0.25, 0.3) is 0 Å². The van der Waals surface area contributed by atoms with Crippen molar-refractivity contribution in [1.82, 2.24) is 15.5 Å². The molecule has 1 fully saturated rings. The Morgan fingerprint density at radius 3 is 2.80 bits per heavy atom. The summed E-state index contributed by atoms with van der Waals surface area (Å²) in [6.45, 7) is 0.0922. The molecular formula is C9H15N3O3. The van der Waals surface area contributed by atoms with Crippen molar-refractivity contribution in [3.05, 3.63) is 0 Å². The van der Waals surface area contributed by atoms with E-state index in [1.807, 2.05) is 0 Å². The Labute approximate surface area is 88.0 Å². The highest BCUT2D eigenvalue weighted by atomic mass is 16.2. The van der Waals surface area contributed by atoms with Crippen molar-refractivity contribution in [3.8, 4) is 0 Å². The van der Waals surface area contributed by atoms with E-state index < -0.39 is 6.04 Å². The summed E-state index contributed by atoms with van der Waals surface area (Å²) in [6.07, 6.45) is 0.798. The molecule has 1 rings (SSSR count). The minimum absolute atomic E-state index is 0.0922. The van der Waals surface area contributed by atoms with Crippen molar-refractivity contribution in [2.24, 2.45) is 0 Å². The molecule has 1 atom stereocenters. The summed E-state index contributed by atoms with van der Waals surface area (Å²) in [5, 5.41) is 5.26. The van der Waals surface area contributed by atoms with E-state index in [1.54, 1.807) is 0 Å². The van der Waals surface area contributed by atoms with Crippen molar-refractivity contribution >= 4 is 17.7 Å². The lowest BCUT2D eigenvalue weighted by Gasteiger charge is -2.27. The van der Waals surface area contributed by atoms with Gasteiger partial charge in [-0.05, 0) is 6.42 Å². The van der Waals surface area contributed by atoms with Gasteiger partial charge in [0.1, 0.15) is 0 Å². The minimum Gasteiger partial charge on any atom is -0.358 e. The molecule has 0 radical (unpaired) electrons. The van der Waals surface area contributed by atoms with E-state index in [0.717, 1.165) is 4.90 Å². The second-order valence-corrected chi connectivity index (χ2v) is 3.44. The fourth-order valence-corrected chi connectivity index (χ4v) is 1.41. The van der Waals surface area contributed by atoms with Crippen LogP contribution < -0.4 is 10.6 Å². The molecule has 1 aliphatic heterocycles. The fourth-order valence-electron chi connectivity index (χ4n) is 1.41. The molecule has 1 unspecified atom stereocenters. The average molecular weight is 213 g/mol. The number of nitrogens with zero attached hydrogens (tertiary/aromatic N) is 1. The smallest absolute Gasteiger partial charge is 0.246 e. The number of hydrogen-bond acceptors (Lipinski definition) is 4. The summed E-state index contributed by atoms with van der Waals surface area (Å²) < 4.78 is 0. The van der Waals surface area contributed by atoms with Gasteiger partial charge < -0.3 is 5.32 Å². The quantitative estimate of drug-likeness (QED) is 0.557. The maximum Gasteiger partial charge on any atom is 0.246 e. The number of carbonyl (C=O) groups excluding carboxylic acids is 3. The van der Waals surface area contributed by atoms with Gasteiger partial charge in [0.2, 0.25) is 17.7 Å². The Kier molecular flexibility index (Phi) is 3.79. The molecule has 1 heterocycles. The number of likely N-dealkylation sites (tertiary alicyclic amines) is 1. The highest BCUT2D eigenvalue weighted by Crippen LogP contribution is 2.10. The predicted octanol–water partition coefficient (Wildman–Crippen LogP) is -1.53. The minimum atomic E-state index is -0.426. The zero-order chi connectivity index (χ0) is 11.4. The SMILES string of the molecule is CNC(=O)CNC1CCC(=O)N(C)C1=O. The third-order valence-electron chi connectivity index (χ3n) is 2.44. The van der Waals surface area contributed by atoms with Crippen LogP contribution >= 0.6 is 0 Å². The third kappa shape index (κ3) is 2.76. The molecule has 1 saturated heterocycles. The highest BCUT2D eigenvalue weighted by Gasteiger charge is 2.31. The Bertz CT molecular complexity index is 290. The molecule has 0 aliphatic carbocycles. The van der Waals surface area contributed by atoms with Crippen LogP contribution in [-0.4, -0.2) is 49.3 Å². The second kappa shape index (κ2) is 4.88. The Hall–Kier alpha value is -1.43. The normalized spacial score (nSPS) is 21.7. The average Bonchev–Trinajstić information content (AvgIpc) is 2.24. The van der Waals surface area contributed by atoms with Gasteiger partial charge in [-0.15, -0.1) is 0 Å². The van der Waals surface area contributed by atoms with Crippen molar-refractivity contribution < 1.29 is 14.4 Å². The second-order valence-electron chi connectivity index (χ2n) is 3.44. The lowest BCUT2D eigenvalue weighted by molar-refractivity contribution is -0.148. The number of imide groups is 1. The number of hydrogen-bond donors (Lipinski definition) is 2. The number of carbonyl (C=O) groups is 3. The van der Waals surface area contributed by atoms with Gasteiger partial charge >= 0.3 is 0 Å². The van der Waals surface area contributed by atoms with Crippen LogP contribution in [0.3, 0.4) is 0 Å². The molecule has 0 aromatic heterocycles. The van der Waals surface area contributed by atoms with Crippen LogP contribution in [0.2, 0.25) is 0 Å². The molecule has 84 valence electrons. The molecule has 0 aromatic rings. The van der Waals surface area contributed by atoms with Crippen LogP contribution in [0.4, 0.5) is 0 Å². The first-order valence-electron chi connectivity index (χ1n) is 4.80. The molecule has 0 bridgehead atoms. The molecule has 6 heteroatoms. The van der Waals surface area contributed by atoms with Gasteiger partial charge in [0.15, 0.2) is 0 Å². The van der Waals surface area contributed by atoms with Crippen molar-refractivity contribution in [2.75, 3.05) is 20.6 Å². The molecular weight excluding hydrogens is 198 g/mol. The number of amides is 3. The van der Waals surface area contributed by atoms with E-state index in [1.165, 1.54) is 14.1 Å². The van der Waals surface area contributed by atoms with Gasteiger partial charge in [0.05, 0.1) is 12.6 Å². The molecule has 0 aromatic carbocycles. The largest absolute Gasteiger partial charge is 0.358 e. The van der Waals surface area contributed by atoms with Gasteiger partial charge in [-0.1, -0.05) is 0 Å². The van der Waals surface area contributed by atoms with E-state index in [4.69, 9.17) is 0 Å². The zero-order valence-electron chi connectivity index (χ0n) is 8.87. The van der Waals surface area contributed by atoms with Crippen molar-refractivity contribution in [1.29, 1.82) is 0 Å². The monoisotopic (exact) mass is 213 g/mol. The van der Waals surface area contributed by atoms with E-state index in [2.05, 4.69) is 10.6 Å². The van der Waals surface area contributed by atoms with Gasteiger partial charge in [0, 0.05) is 20.5 Å². The number of nitrogens with one attached hydrogen (secondary N) is 2. The maximum atomic E-state index is 11.5. The predicted molar refractivity (Wildman–Crippen MR) is 52.9 cm³/mol. The van der Waals surface area contributed by atoms with E-state index in [-0.39, 0.29) is 24.3 Å². The van der Waals surface area contributed by atoms with Gasteiger partial charge in [-0.3, -0.25) is 24.6 Å². The number of likely N-dealkylation sites (N-methyl/N-ethyl adjacent to an activating group) is 2. The van der Waals surface area contributed by atoms with Crippen LogP contribution in [0.15, 0.2) is 0 Å². The molecule has 6 nitrogen and oxygen atoms in total. The first-order chi connectivity index (χ1) is 7.06. The number of rotatable bonds is 3. The standard InChI is InChI=1S/C9H15N3O3/c1-10-7(13)5-11-6-3-4-8(14)12(2)9(6)15/h6,11H,3-5H2,1-2H3,(H,10,13).